The van der Waals surface area contributed by atoms with E-state index in [0.29, 0.717) is 16.9 Å². The number of carbonyl (C=O) groups excluding carboxylic acids is 1. The number of nitrogens with one attached hydrogen (secondary N) is 1. The Labute approximate surface area is 100 Å². The first-order valence-electron chi connectivity index (χ1n) is 5.08. The van der Waals surface area contributed by atoms with Gasteiger partial charge >= 0.3 is 6.01 Å². The van der Waals surface area contributed by atoms with Crippen molar-refractivity contribution in [3.63, 3.8) is 0 Å². The van der Waals surface area contributed by atoms with Gasteiger partial charge in [-0.2, -0.15) is 0 Å². The molecule has 2 heterocycles. The number of hydrogen-bond acceptors (Lipinski definition) is 7. The van der Waals surface area contributed by atoms with E-state index in [2.05, 4.69) is 20.5 Å². The van der Waals surface area contributed by atoms with Crippen molar-refractivity contribution in [1.82, 2.24) is 15.2 Å². The van der Waals surface area contributed by atoms with E-state index < -0.39 is 5.91 Å². The minimum absolute atomic E-state index is 0.100. The van der Waals surface area contributed by atoms with Crippen LogP contribution in [0.3, 0.4) is 0 Å². The fraction of sp³-hybridized carbons (Fsp3) is 0.333. The van der Waals surface area contributed by atoms with E-state index in [1.54, 1.807) is 5.38 Å². The van der Waals surface area contributed by atoms with Gasteiger partial charge in [0.15, 0.2) is 5.13 Å². The monoisotopic (exact) mass is 251 g/mol. The van der Waals surface area contributed by atoms with Gasteiger partial charge in [0.25, 0.3) is 5.91 Å². The van der Waals surface area contributed by atoms with Crippen LogP contribution in [0.1, 0.15) is 35.1 Å². The van der Waals surface area contributed by atoms with Gasteiger partial charge in [-0.1, -0.05) is 5.10 Å². The molecule has 3 N–H and O–H groups in total. The number of nitrogens with zero attached hydrogens (tertiary/aromatic N) is 3. The summed E-state index contributed by atoms with van der Waals surface area (Å²) < 4.78 is 5.30. The summed E-state index contributed by atoms with van der Waals surface area (Å²) in [4.78, 5) is 15.5. The predicted molar refractivity (Wildman–Crippen MR) is 60.8 cm³/mol. The van der Waals surface area contributed by atoms with Crippen LogP contribution >= 0.6 is 11.3 Å². The van der Waals surface area contributed by atoms with Crippen molar-refractivity contribution in [2.45, 2.75) is 18.8 Å². The van der Waals surface area contributed by atoms with E-state index in [1.165, 1.54) is 11.3 Å². The molecule has 17 heavy (non-hydrogen) atoms. The molecule has 2 aromatic rings. The standard InChI is InChI=1S/C9H9N5O2S/c10-8-11-5(3-17-8)6(15)12-9-14-13-7(16-9)4-1-2-4/h3-4H,1-2H2,(H2,10,11)(H,12,14,15). The van der Waals surface area contributed by atoms with Crippen LogP contribution in [0, 0.1) is 0 Å². The van der Waals surface area contributed by atoms with Gasteiger partial charge in [0.05, 0.1) is 0 Å². The van der Waals surface area contributed by atoms with Crippen molar-refractivity contribution in [3.8, 4) is 0 Å². The molecule has 2 aromatic heterocycles. The van der Waals surface area contributed by atoms with Gasteiger partial charge in [0.2, 0.25) is 5.89 Å². The first kappa shape index (κ1) is 10.2. The van der Waals surface area contributed by atoms with Crippen molar-refractivity contribution >= 4 is 28.4 Å². The van der Waals surface area contributed by atoms with Crippen LogP contribution in [0.4, 0.5) is 11.1 Å². The molecule has 0 spiro atoms. The maximum absolute atomic E-state index is 11.7. The second-order valence-electron chi connectivity index (χ2n) is 3.74. The lowest BCUT2D eigenvalue weighted by Gasteiger charge is -1.95. The quantitative estimate of drug-likeness (QED) is 0.849. The molecule has 0 saturated heterocycles. The molecule has 7 nitrogen and oxygen atoms in total. The van der Waals surface area contributed by atoms with E-state index in [1.807, 2.05) is 0 Å². The average Bonchev–Trinajstić information content (AvgIpc) is 2.90. The lowest BCUT2D eigenvalue weighted by molar-refractivity contribution is 0.102. The third kappa shape index (κ3) is 2.11. The number of hydrogen-bond donors (Lipinski definition) is 2. The summed E-state index contributed by atoms with van der Waals surface area (Å²) in [5.41, 5.74) is 5.69. The Morgan fingerprint density at radius 2 is 2.35 bits per heavy atom. The molecular formula is C9H9N5O2S. The highest BCUT2D eigenvalue weighted by Crippen LogP contribution is 2.39. The Hall–Kier alpha value is -1.96. The summed E-state index contributed by atoms with van der Waals surface area (Å²) in [6, 6.07) is 0.100. The van der Waals surface area contributed by atoms with Gasteiger partial charge in [-0.05, 0) is 12.8 Å². The van der Waals surface area contributed by atoms with Gasteiger partial charge in [0, 0.05) is 11.3 Å². The van der Waals surface area contributed by atoms with Crippen LogP contribution in [0.2, 0.25) is 0 Å². The lowest BCUT2D eigenvalue weighted by Crippen LogP contribution is -2.12. The minimum Gasteiger partial charge on any atom is -0.408 e. The molecule has 0 unspecified atom stereocenters. The van der Waals surface area contributed by atoms with Crippen molar-refractivity contribution in [3.05, 3.63) is 17.0 Å². The molecule has 1 aliphatic carbocycles. The number of thiazole rings is 1. The Morgan fingerprint density at radius 1 is 1.53 bits per heavy atom. The molecule has 0 atom stereocenters. The van der Waals surface area contributed by atoms with Crippen molar-refractivity contribution in [2.75, 3.05) is 11.1 Å². The van der Waals surface area contributed by atoms with Gasteiger partial charge in [0.1, 0.15) is 5.69 Å². The Kier molecular flexibility index (Phi) is 2.29. The zero-order valence-electron chi connectivity index (χ0n) is 8.71. The molecule has 0 bridgehead atoms. The summed E-state index contributed by atoms with van der Waals surface area (Å²) in [5.74, 6) is 0.546. The second kappa shape index (κ2) is 3.81. The van der Waals surface area contributed by atoms with Crippen molar-refractivity contribution in [2.24, 2.45) is 0 Å². The van der Waals surface area contributed by atoms with E-state index in [9.17, 15) is 4.79 Å². The number of rotatable bonds is 3. The van der Waals surface area contributed by atoms with Crippen LogP contribution in [0.15, 0.2) is 9.80 Å². The number of nitrogens with two attached hydrogens (primary N) is 1. The summed E-state index contributed by atoms with van der Waals surface area (Å²) >= 11 is 1.20. The minimum atomic E-state index is -0.399. The van der Waals surface area contributed by atoms with E-state index in [-0.39, 0.29) is 11.7 Å². The number of carbonyl (C=O) groups is 1. The van der Waals surface area contributed by atoms with Crippen LogP contribution in [0.25, 0.3) is 0 Å². The highest BCUT2D eigenvalue weighted by molar-refractivity contribution is 7.13. The Bertz CT molecular complexity index is 559. The van der Waals surface area contributed by atoms with E-state index >= 15 is 0 Å². The fourth-order valence-electron chi connectivity index (χ4n) is 1.33. The van der Waals surface area contributed by atoms with Gasteiger partial charge in [-0.3, -0.25) is 10.1 Å². The summed E-state index contributed by atoms with van der Waals surface area (Å²) in [6.07, 6.45) is 2.14. The molecule has 3 rings (SSSR count). The van der Waals surface area contributed by atoms with Gasteiger partial charge < -0.3 is 10.2 Å². The SMILES string of the molecule is Nc1nc(C(=O)Nc2nnc(C3CC3)o2)cs1. The molecule has 0 radical (unpaired) electrons. The highest BCUT2D eigenvalue weighted by atomic mass is 32.1. The smallest absolute Gasteiger partial charge is 0.322 e. The van der Waals surface area contributed by atoms with Gasteiger partial charge in [-0.15, -0.1) is 16.4 Å². The maximum Gasteiger partial charge on any atom is 0.322 e. The van der Waals surface area contributed by atoms with Crippen LogP contribution in [-0.2, 0) is 0 Å². The van der Waals surface area contributed by atoms with E-state index in [4.69, 9.17) is 10.2 Å². The molecule has 88 valence electrons. The molecule has 1 amide bonds. The topological polar surface area (TPSA) is 107 Å². The fourth-order valence-corrected chi connectivity index (χ4v) is 1.88. The predicted octanol–water partition coefficient (Wildman–Crippen LogP) is 1.24. The maximum atomic E-state index is 11.7. The third-order valence-electron chi connectivity index (χ3n) is 2.34. The van der Waals surface area contributed by atoms with Crippen LogP contribution in [-0.4, -0.2) is 21.1 Å². The summed E-state index contributed by atoms with van der Waals surface area (Å²) in [5, 5.41) is 12.0. The Balaban J connectivity index is 1.71. The molecule has 1 aliphatic rings. The molecule has 0 aromatic carbocycles. The van der Waals surface area contributed by atoms with Gasteiger partial charge in [-0.25, -0.2) is 4.98 Å². The second-order valence-corrected chi connectivity index (χ2v) is 4.63. The number of anilines is 2. The summed E-state index contributed by atoms with van der Waals surface area (Å²) in [6.45, 7) is 0. The number of nitrogen functional groups attached to an aromatic ring is 1. The third-order valence-corrected chi connectivity index (χ3v) is 3.02. The molecule has 8 heteroatoms. The highest BCUT2D eigenvalue weighted by Gasteiger charge is 2.29. The Morgan fingerprint density at radius 3 is 3.00 bits per heavy atom. The first-order valence-corrected chi connectivity index (χ1v) is 5.96. The normalized spacial score (nSPS) is 14.8. The lowest BCUT2D eigenvalue weighted by atomic mass is 10.4. The number of aromatic nitrogens is 3. The summed E-state index contributed by atoms with van der Waals surface area (Å²) in [7, 11) is 0. The zero-order chi connectivity index (χ0) is 11.8. The number of amides is 1. The van der Waals surface area contributed by atoms with Crippen molar-refractivity contribution in [1.29, 1.82) is 0 Å². The average molecular weight is 251 g/mol. The zero-order valence-corrected chi connectivity index (χ0v) is 9.53. The largest absolute Gasteiger partial charge is 0.408 e. The first-order chi connectivity index (χ1) is 8.22. The van der Waals surface area contributed by atoms with Crippen molar-refractivity contribution < 1.29 is 9.21 Å². The molecular weight excluding hydrogens is 242 g/mol. The van der Waals surface area contributed by atoms with Crippen LogP contribution < -0.4 is 11.1 Å². The molecule has 0 aliphatic heterocycles. The van der Waals surface area contributed by atoms with Crippen LogP contribution in [0.5, 0.6) is 0 Å². The molecule has 1 saturated carbocycles. The van der Waals surface area contributed by atoms with E-state index in [0.717, 1.165) is 12.8 Å². The molecule has 1 fully saturated rings.